The van der Waals surface area contributed by atoms with Gasteiger partial charge in [0.1, 0.15) is 13.2 Å². The van der Waals surface area contributed by atoms with Gasteiger partial charge in [0.15, 0.2) is 0 Å². The van der Waals surface area contributed by atoms with Crippen molar-refractivity contribution in [3.8, 4) is 0 Å². The molecule has 0 aliphatic rings. The van der Waals surface area contributed by atoms with E-state index >= 15 is 0 Å². The van der Waals surface area contributed by atoms with E-state index in [2.05, 4.69) is 31.3 Å². The molecule has 0 fully saturated rings. The topological polar surface area (TPSA) is 105 Å². The van der Waals surface area contributed by atoms with E-state index in [-0.39, 0.29) is 19.1 Å². The van der Waals surface area contributed by atoms with Crippen molar-refractivity contribution in [1.82, 2.24) is 5.32 Å². The first-order valence-corrected chi connectivity index (χ1v) is 32.0. The van der Waals surface area contributed by atoms with Crippen LogP contribution in [0.4, 0.5) is 0 Å². The van der Waals surface area contributed by atoms with Crippen molar-refractivity contribution in [2.75, 3.05) is 40.9 Å². The van der Waals surface area contributed by atoms with Crippen LogP contribution in [-0.2, 0) is 18.4 Å². The number of unbranched alkanes of at least 4 members (excludes halogenated alkanes) is 42. The van der Waals surface area contributed by atoms with Gasteiger partial charge in [0.05, 0.1) is 39.9 Å². The largest absolute Gasteiger partial charge is 0.472 e. The average molecular weight is 999 g/mol. The summed E-state index contributed by atoms with van der Waals surface area (Å²) in [6.45, 7) is 4.91. The molecule has 0 aromatic carbocycles. The molecular formula is C60H122N2O6P+. The molecule has 1 amide bonds. The van der Waals surface area contributed by atoms with E-state index < -0.39 is 20.0 Å². The van der Waals surface area contributed by atoms with E-state index in [1.54, 1.807) is 0 Å². The van der Waals surface area contributed by atoms with Gasteiger partial charge in [0.25, 0.3) is 0 Å². The Hall–Kier alpha value is -0.760. The van der Waals surface area contributed by atoms with Crippen LogP contribution in [0, 0.1) is 0 Å². The fourth-order valence-corrected chi connectivity index (χ4v) is 10.2. The number of nitrogens with one attached hydrogen (secondary N) is 1. The third-order valence-corrected chi connectivity index (χ3v) is 15.2. The van der Waals surface area contributed by atoms with Crippen LogP contribution in [0.2, 0.25) is 0 Å². The van der Waals surface area contributed by atoms with Gasteiger partial charge in [-0.25, -0.2) is 4.57 Å². The molecule has 0 radical (unpaired) electrons. The van der Waals surface area contributed by atoms with Crippen LogP contribution >= 0.6 is 7.82 Å². The van der Waals surface area contributed by atoms with Gasteiger partial charge >= 0.3 is 7.82 Å². The zero-order valence-corrected chi connectivity index (χ0v) is 48.0. The van der Waals surface area contributed by atoms with Gasteiger partial charge in [-0.15, -0.1) is 0 Å². The molecule has 3 unspecified atom stereocenters. The highest BCUT2D eigenvalue weighted by molar-refractivity contribution is 7.47. The molecule has 0 saturated heterocycles. The van der Waals surface area contributed by atoms with Crippen LogP contribution in [0.1, 0.15) is 316 Å². The fourth-order valence-electron chi connectivity index (χ4n) is 9.46. The van der Waals surface area contributed by atoms with Crippen molar-refractivity contribution >= 4 is 13.7 Å². The molecule has 0 aromatic rings. The third kappa shape index (κ3) is 54.8. The molecule has 0 aliphatic carbocycles. The molecule has 0 aliphatic heterocycles. The Morgan fingerprint density at radius 1 is 0.478 bits per heavy atom. The van der Waals surface area contributed by atoms with Gasteiger partial charge < -0.3 is 19.8 Å². The minimum atomic E-state index is -4.32. The van der Waals surface area contributed by atoms with Crippen molar-refractivity contribution < 1.29 is 32.9 Å². The minimum absolute atomic E-state index is 0.0754. The van der Waals surface area contributed by atoms with Crippen molar-refractivity contribution in [1.29, 1.82) is 0 Å². The summed E-state index contributed by atoms with van der Waals surface area (Å²) >= 11 is 0. The van der Waals surface area contributed by atoms with E-state index in [1.807, 2.05) is 21.1 Å². The zero-order valence-electron chi connectivity index (χ0n) is 47.1. The molecule has 9 heteroatoms. The van der Waals surface area contributed by atoms with E-state index in [9.17, 15) is 19.4 Å². The number of quaternary nitrogens is 1. The highest BCUT2D eigenvalue weighted by Gasteiger charge is 2.28. The highest BCUT2D eigenvalue weighted by atomic mass is 31.2. The predicted molar refractivity (Wildman–Crippen MR) is 300 cm³/mol. The maximum atomic E-state index is 13.0. The smallest absolute Gasteiger partial charge is 0.391 e. The molecule has 8 nitrogen and oxygen atoms in total. The lowest BCUT2D eigenvalue weighted by molar-refractivity contribution is -0.870. The lowest BCUT2D eigenvalue weighted by Gasteiger charge is -2.26. The number of nitrogens with zero attached hydrogens (tertiary/aromatic N) is 1. The van der Waals surface area contributed by atoms with Gasteiger partial charge in [-0.3, -0.25) is 13.8 Å². The molecule has 0 rings (SSSR count). The van der Waals surface area contributed by atoms with Crippen molar-refractivity contribution in [2.24, 2.45) is 0 Å². The molecule has 0 spiro atoms. The van der Waals surface area contributed by atoms with Crippen molar-refractivity contribution in [2.45, 2.75) is 328 Å². The van der Waals surface area contributed by atoms with Gasteiger partial charge in [0, 0.05) is 6.42 Å². The SMILES string of the molecule is CCCCCCC/C=C\CCCCCCCC(=O)NC(COP(=O)(O)OCC[N+](C)(C)C)C(O)CCCCCCCCCCCCCCCCCCCCCCCCCCCCCCCCCCC. The summed E-state index contributed by atoms with van der Waals surface area (Å²) in [7, 11) is 1.62. The van der Waals surface area contributed by atoms with Crippen LogP contribution in [0.5, 0.6) is 0 Å². The Morgan fingerprint density at radius 3 is 1.12 bits per heavy atom. The average Bonchev–Trinajstić information content (AvgIpc) is 3.31. The number of hydrogen-bond donors (Lipinski definition) is 3. The zero-order chi connectivity index (χ0) is 50.6. The number of hydrogen-bond acceptors (Lipinski definition) is 5. The first-order valence-electron chi connectivity index (χ1n) is 30.6. The van der Waals surface area contributed by atoms with E-state index in [0.717, 1.165) is 51.4 Å². The van der Waals surface area contributed by atoms with Crippen molar-refractivity contribution in [3.63, 3.8) is 0 Å². The molecule has 0 saturated carbocycles. The standard InChI is InChI=1S/C60H121N2O6P/c1-6-8-10-12-14-16-18-20-22-23-24-25-26-27-28-29-30-31-32-33-34-35-36-37-38-39-40-41-43-45-47-49-51-53-59(63)58(57-68-69(65,66)67-56-55-62(3,4)5)61-60(64)54-52-50-48-46-44-42-21-19-17-15-13-11-9-7-2/h19,21,58-59,63H,6-18,20,22-57H2,1-5H3,(H-,61,64,65,66)/p+1/b21-19-. The Labute approximate surface area is 431 Å². The minimum Gasteiger partial charge on any atom is -0.391 e. The Bertz CT molecular complexity index is 1130. The van der Waals surface area contributed by atoms with Crippen LogP contribution in [0.25, 0.3) is 0 Å². The summed E-state index contributed by atoms with van der Waals surface area (Å²) in [6.07, 6.45) is 64.4. The number of aliphatic hydroxyl groups is 1. The third-order valence-electron chi connectivity index (χ3n) is 14.3. The molecule has 3 atom stereocenters. The second-order valence-electron chi connectivity index (χ2n) is 22.4. The van der Waals surface area contributed by atoms with E-state index in [0.29, 0.717) is 23.9 Å². The molecule has 0 bridgehead atoms. The van der Waals surface area contributed by atoms with E-state index in [1.165, 1.54) is 238 Å². The number of aliphatic hydroxyl groups excluding tert-OH is 1. The van der Waals surface area contributed by atoms with E-state index in [4.69, 9.17) is 9.05 Å². The quantitative estimate of drug-likeness (QED) is 0.0243. The molecule has 3 N–H and O–H groups in total. The summed E-state index contributed by atoms with van der Waals surface area (Å²) < 4.78 is 23.8. The van der Waals surface area contributed by atoms with Gasteiger partial charge in [0.2, 0.25) is 5.91 Å². The highest BCUT2D eigenvalue weighted by Crippen LogP contribution is 2.43. The number of carbonyl (C=O) groups excluding carboxylic acids is 1. The first kappa shape index (κ1) is 68.2. The number of amides is 1. The maximum absolute atomic E-state index is 13.0. The molecule has 0 heterocycles. The normalized spacial score (nSPS) is 13.9. The molecular weight excluding hydrogens is 876 g/mol. The van der Waals surface area contributed by atoms with Gasteiger partial charge in [-0.1, -0.05) is 283 Å². The number of phosphoric ester groups is 1. The summed E-state index contributed by atoms with van der Waals surface area (Å²) in [5.74, 6) is -0.149. The second kappa shape index (κ2) is 52.1. The lowest BCUT2D eigenvalue weighted by Crippen LogP contribution is -2.46. The number of rotatable bonds is 57. The Kier molecular flexibility index (Phi) is 51.5. The van der Waals surface area contributed by atoms with Gasteiger partial charge in [-0.2, -0.15) is 0 Å². The first-order chi connectivity index (χ1) is 33.5. The Morgan fingerprint density at radius 2 is 0.783 bits per heavy atom. The molecule has 69 heavy (non-hydrogen) atoms. The van der Waals surface area contributed by atoms with Crippen LogP contribution < -0.4 is 5.32 Å². The summed E-state index contributed by atoms with van der Waals surface area (Å²) in [5.41, 5.74) is 0. The van der Waals surface area contributed by atoms with Crippen LogP contribution in [-0.4, -0.2) is 73.4 Å². The lowest BCUT2D eigenvalue weighted by atomic mass is 10.0. The number of carbonyl (C=O) groups is 1. The second-order valence-corrected chi connectivity index (χ2v) is 23.9. The number of allylic oxidation sites excluding steroid dienone is 2. The van der Waals surface area contributed by atoms with Crippen molar-refractivity contribution in [3.05, 3.63) is 12.2 Å². The van der Waals surface area contributed by atoms with Crippen LogP contribution in [0.15, 0.2) is 12.2 Å². The number of phosphoric acid groups is 1. The Balaban J connectivity index is 3.96. The van der Waals surface area contributed by atoms with Crippen LogP contribution in [0.3, 0.4) is 0 Å². The maximum Gasteiger partial charge on any atom is 0.472 e. The molecule has 0 aromatic heterocycles. The summed E-state index contributed by atoms with van der Waals surface area (Å²) in [5, 5.41) is 14.1. The van der Waals surface area contributed by atoms with Gasteiger partial charge in [-0.05, 0) is 38.5 Å². The summed E-state index contributed by atoms with van der Waals surface area (Å²) in [6, 6.07) is -0.762. The monoisotopic (exact) mass is 998 g/mol. The summed E-state index contributed by atoms with van der Waals surface area (Å²) in [4.78, 5) is 23.3. The fraction of sp³-hybridized carbons (Fsp3) is 0.950. The predicted octanol–water partition coefficient (Wildman–Crippen LogP) is 18.6. The number of likely N-dealkylation sites (N-methyl/N-ethyl adjacent to an activating group) is 1. The molecule has 412 valence electrons.